The van der Waals surface area contributed by atoms with E-state index in [0.717, 1.165) is 0 Å². The first-order valence-corrected chi connectivity index (χ1v) is 11.4. The molecule has 162 valence electrons. The number of halogens is 1. The summed E-state index contributed by atoms with van der Waals surface area (Å²) in [5.74, 6) is -0.0492. The van der Waals surface area contributed by atoms with Crippen molar-refractivity contribution in [3.05, 3.63) is 59.1 Å². The summed E-state index contributed by atoms with van der Waals surface area (Å²) in [6.07, 6.45) is -0.350. The lowest BCUT2D eigenvalue weighted by Crippen LogP contribution is -2.48. The number of para-hydroxylation sites is 1. The molecule has 1 saturated heterocycles. The Balaban J connectivity index is 1.55. The van der Waals surface area contributed by atoms with E-state index in [1.807, 2.05) is 13.8 Å². The van der Waals surface area contributed by atoms with Gasteiger partial charge < -0.3 is 14.2 Å². The van der Waals surface area contributed by atoms with E-state index in [0.29, 0.717) is 23.9 Å². The van der Waals surface area contributed by atoms with Crippen molar-refractivity contribution in [1.29, 1.82) is 0 Å². The van der Waals surface area contributed by atoms with Crippen LogP contribution < -0.4 is 4.74 Å². The van der Waals surface area contributed by atoms with Crippen LogP contribution in [0.5, 0.6) is 5.75 Å². The van der Waals surface area contributed by atoms with Gasteiger partial charge in [-0.2, -0.15) is 4.31 Å². The zero-order chi connectivity index (χ0) is 21.7. The van der Waals surface area contributed by atoms with Crippen molar-refractivity contribution >= 4 is 27.6 Å². The molecule has 3 rings (SSSR count). The topological polar surface area (TPSA) is 82.1 Å². The predicted octanol–water partition coefficient (Wildman–Crippen LogP) is 3.37. The molecule has 2 unspecified atom stereocenters. The number of sulfonamides is 1. The summed E-state index contributed by atoms with van der Waals surface area (Å²) in [5.41, 5.74) is 0.260. The molecule has 1 heterocycles. The van der Waals surface area contributed by atoms with Crippen LogP contribution in [0.2, 0.25) is 5.02 Å². The minimum atomic E-state index is -3.66. The standard InChI is InChI=1S/C21H24ClNO6S/c1-15-13-23(14-16(2)29-15)30(25,26)18-9-7-17(8-10-18)21(24)28-12-11-27-20-6-4-3-5-19(20)22/h3-10,15-16H,11-14H2,1-2H3. The van der Waals surface area contributed by atoms with Crippen LogP contribution in [0.1, 0.15) is 24.2 Å². The van der Waals surface area contributed by atoms with Gasteiger partial charge in [-0.25, -0.2) is 13.2 Å². The quantitative estimate of drug-likeness (QED) is 0.472. The SMILES string of the molecule is CC1CN(S(=O)(=O)c2ccc(C(=O)OCCOc3ccccc3Cl)cc2)CC(C)O1. The minimum absolute atomic E-state index is 0.0354. The summed E-state index contributed by atoms with van der Waals surface area (Å²) in [5, 5.41) is 0.477. The Bertz CT molecular complexity index is 969. The molecule has 0 N–H and O–H groups in total. The van der Waals surface area contributed by atoms with Crippen LogP contribution >= 0.6 is 11.6 Å². The molecular weight excluding hydrogens is 430 g/mol. The third kappa shape index (κ3) is 5.51. The first-order valence-electron chi connectivity index (χ1n) is 9.57. The number of rotatable bonds is 7. The Morgan fingerprint density at radius 1 is 1.07 bits per heavy atom. The van der Waals surface area contributed by atoms with Gasteiger partial charge in [-0.05, 0) is 50.2 Å². The monoisotopic (exact) mass is 453 g/mol. The van der Waals surface area contributed by atoms with Crippen molar-refractivity contribution in [2.75, 3.05) is 26.3 Å². The highest BCUT2D eigenvalue weighted by Gasteiger charge is 2.32. The molecule has 0 aromatic heterocycles. The maximum absolute atomic E-state index is 12.9. The molecule has 9 heteroatoms. The molecule has 0 saturated carbocycles. The second kappa shape index (κ2) is 9.78. The van der Waals surface area contributed by atoms with Crippen LogP contribution in [0.15, 0.2) is 53.4 Å². The van der Waals surface area contributed by atoms with E-state index in [1.165, 1.54) is 28.6 Å². The Morgan fingerprint density at radius 3 is 2.33 bits per heavy atom. The van der Waals surface area contributed by atoms with Crippen molar-refractivity contribution < 1.29 is 27.4 Å². The highest BCUT2D eigenvalue weighted by Crippen LogP contribution is 2.23. The van der Waals surface area contributed by atoms with Gasteiger partial charge in [-0.1, -0.05) is 23.7 Å². The third-order valence-corrected chi connectivity index (χ3v) is 6.68. The number of morpholine rings is 1. The number of carbonyl (C=O) groups excluding carboxylic acids is 1. The van der Waals surface area contributed by atoms with E-state index in [9.17, 15) is 13.2 Å². The van der Waals surface area contributed by atoms with Gasteiger partial charge in [-0.3, -0.25) is 0 Å². The fraction of sp³-hybridized carbons (Fsp3) is 0.381. The smallest absolute Gasteiger partial charge is 0.338 e. The van der Waals surface area contributed by atoms with E-state index in [2.05, 4.69) is 0 Å². The van der Waals surface area contributed by atoms with Gasteiger partial charge in [0.05, 0.1) is 27.7 Å². The van der Waals surface area contributed by atoms with Gasteiger partial charge in [0.25, 0.3) is 0 Å². The zero-order valence-electron chi connectivity index (χ0n) is 16.8. The number of esters is 1. The van der Waals surface area contributed by atoms with E-state index in [1.54, 1.807) is 24.3 Å². The maximum atomic E-state index is 12.9. The summed E-state index contributed by atoms with van der Waals surface area (Å²) < 4.78 is 43.4. The van der Waals surface area contributed by atoms with Gasteiger partial charge in [0.1, 0.15) is 19.0 Å². The van der Waals surface area contributed by atoms with Gasteiger partial charge in [0.15, 0.2) is 0 Å². The molecule has 0 bridgehead atoms. The summed E-state index contributed by atoms with van der Waals surface area (Å²) >= 11 is 5.99. The number of ether oxygens (including phenoxy) is 3. The van der Waals surface area contributed by atoms with Gasteiger partial charge >= 0.3 is 5.97 Å². The van der Waals surface area contributed by atoms with Crippen molar-refractivity contribution in [3.63, 3.8) is 0 Å². The first kappa shape index (κ1) is 22.6. The maximum Gasteiger partial charge on any atom is 0.338 e. The summed E-state index contributed by atoms with van der Waals surface area (Å²) in [7, 11) is -3.66. The molecule has 0 spiro atoms. The average molecular weight is 454 g/mol. The lowest BCUT2D eigenvalue weighted by atomic mass is 10.2. The molecule has 1 fully saturated rings. The van der Waals surface area contributed by atoms with Crippen LogP contribution in [-0.4, -0.2) is 57.2 Å². The summed E-state index contributed by atoms with van der Waals surface area (Å²) in [4.78, 5) is 12.3. The molecule has 0 radical (unpaired) electrons. The fourth-order valence-corrected chi connectivity index (χ4v) is 4.95. The molecule has 7 nitrogen and oxygen atoms in total. The van der Waals surface area contributed by atoms with Gasteiger partial charge in [-0.15, -0.1) is 0 Å². The zero-order valence-corrected chi connectivity index (χ0v) is 18.4. The Kier molecular flexibility index (Phi) is 7.36. The third-order valence-electron chi connectivity index (χ3n) is 4.52. The van der Waals surface area contributed by atoms with Crippen molar-refractivity contribution in [2.24, 2.45) is 0 Å². The molecule has 30 heavy (non-hydrogen) atoms. The van der Waals surface area contributed by atoms with Crippen LogP contribution in [0.4, 0.5) is 0 Å². The summed E-state index contributed by atoms with van der Waals surface area (Å²) in [6, 6.07) is 12.7. The van der Waals surface area contributed by atoms with Crippen LogP contribution in [0.3, 0.4) is 0 Å². The van der Waals surface area contributed by atoms with Gasteiger partial charge in [0.2, 0.25) is 10.0 Å². The van der Waals surface area contributed by atoms with E-state index < -0.39 is 16.0 Å². The number of nitrogens with zero attached hydrogens (tertiary/aromatic N) is 1. The molecule has 1 aliphatic rings. The number of hydrogen-bond acceptors (Lipinski definition) is 6. The molecule has 0 aliphatic carbocycles. The Morgan fingerprint density at radius 2 is 1.70 bits per heavy atom. The first-order chi connectivity index (χ1) is 14.3. The predicted molar refractivity (Wildman–Crippen MR) is 112 cm³/mol. The molecule has 1 aliphatic heterocycles. The lowest BCUT2D eigenvalue weighted by molar-refractivity contribution is -0.0440. The highest BCUT2D eigenvalue weighted by molar-refractivity contribution is 7.89. The van der Waals surface area contributed by atoms with Crippen LogP contribution in [-0.2, 0) is 19.5 Å². The number of hydrogen-bond donors (Lipinski definition) is 0. The molecule has 2 atom stereocenters. The number of benzene rings is 2. The van der Waals surface area contributed by atoms with Crippen LogP contribution in [0, 0.1) is 0 Å². The van der Waals surface area contributed by atoms with Crippen molar-refractivity contribution in [2.45, 2.75) is 31.0 Å². The molecule has 2 aromatic rings. The second-order valence-electron chi connectivity index (χ2n) is 7.02. The van der Waals surface area contributed by atoms with E-state index in [4.69, 9.17) is 25.8 Å². The van der Waals surface area contributed by atoms with Crippen LogP contribution in [0.25, 0.3) is 0 Å². The Labute approximate surface area is 181 Å². The average Bonchev–Trinajstić information content (AvgIpc) is 2.71. The molecule has 2 aromatic carbocycles. The fourth-order valence-electron chi connectivity index (χ4n) is 3.17. The molecule has 0 amide bonds. The second-order valence-corrected chi connectivity index (χ2v) is 9.36. The normalized spacial score (nSPS) is 20.0. The van der Waals surface area contributed by atoms with E-state index in [-0.39, 0.29) is 35.9 Å². The number of carbonyl (C=O) groups is 1. The molecular formula is C21H24ClNO6S. The van der Waals surface area contributed by atoms with Crippen molar-refractivity contribution in [1.82, 2.24) is 4.31 Å². The highest BCUT2D eigenvalue weighted by atomic mass is 35.5. The van der Waals surface area contributed by atoms with E-state index >= 15 is 0 Å². The minimum Gasteiger partial charge on any atom is -0.488 e. The summed E-state index contributed by atoms with van der Waals surface area (Å²) in [6.45, 7) is 4.45. The Hall–Kier alpha value is -2.13. The van der Waals surface area contributed by atoms with Gasteiger partial charge in [0, 0.05) is 13.1 Å². The lowest BCUT2D eigenvalue weighted by Gasteiger charge is -2.34. The van der Waals surface area contributed by atoms with Crippen molar-refractivity contribution in [3.8, 4) is 5.75 Å². The largest absolute Gasteiger partial charge is 0.488 e.